The third-order valence-corrected chi connectivity index (χ3v) is 4.86. The summed E-state index contributed by atoms with van der Waals surface area (Å²) in [6, 6.07) is 16.1. The average Bonchev–Trinajstić information content (AvgIpc) is 3.21. The fraction of sp³-hybridized carbons (Fsp3) is 0.0870. The van der Waals surface area contributed by atoms with Crippen LogP contribution in [0.1, 0.15) is 20.7 Å². The molecule has 2 aromatic heterocycles. The summed E-state index contributed by atoms with van der Waals surface area (Å²) in [5, 5.41) is 12.8. The Bertz CT molecular complexity index is 1230. The number of aromatic carboxylic acids is 1. The summed E-state index contributed by atoms with van der Waals surface area (Å²) in [6.07, 6.45) is 3.61. The van der Waals surface area contributed by atoms with Crippen molar-refractivity contribution in [3.63, 3.8) is 0 Å². The number of amides is 1. The summed E-state index contributed by atoms with van der Waals surface area (Å²) in [4.78, 5) is 31.0. The molecule has 0 fully saturated rings. The molecule has 0 bridgehead atoms. The molecule has 150 valence electrons. The van der Waals surface area contributed by atoms with Crippen molar-refractivity contribution in [2.45, 2.75) is 0 Å². The number of benzene rings is 2. The number of nitrogens with zero attached hydrogens (tertiary/aromatic N) is 1. The van der Waals surface area contributed by atoms with E-state index in [1.165, 1.54) is 0 Å². The molecule has 0 aliphatic heterocycles. The van der Waals surface area contributed by atoms with Crippen LogP contribution < -0.4 is 11.1 Å². The van der Waals surface area contributed by atoms with E-state index in [2.05, 4.69) is 15.3 Å². The molecule has 0 saturated heterocycles. The largest absolute Gasteiger partial charge is 0.478 e. The number of carboxylic acids is 1. The lowest BCUT2D eigenvalue weighted by atomic mass is 10.0. The molecule has 0 radical (unpaired) electrons. The molecule has 0 unspecified atom stereocenters. The van der Waals surface area contributed by atoms with Crippen LogP contribution in [0.25, 0.3) is 33.3 Å². The van der Waals surface area contributed by atoms with Crippen molar-refractivity contribution >= 4 is 22.9 Å². The van der Waals surface area contributed by atoms with Gasteiger partial charge in [-0.15, -0.1) is 0 Å². The summed E-state index contributed by atoms with van der Waals surface area (Å²) >= 11 is 0. The normalized spacial score (nSPS) is 10.8. The van der Waals surface area contributed by atoms with Crippen LogP contribution in [0.2, 0.25) is 0 Å². The summed E-state index contributed by atoms with van der Waals surface area (Å²) in [5.41, 5.74) is 10.5. The van der Waals surface area contributed by atoms with Crippen LogP contribution in [0.3, 0.4) is 0 Å². The minimum absolute atomic E-state index is 0.169. The summed E-state index contributed by atoms with van der Waals surface area (Å²) in [7, 11) is 0. The van der Waals surface area contributed by atoms with Crippen LogP contribution in [0, 0.1) is 0 Å². The third kappa shape index (κ3) is 3.78. The standard InChI is InChI=1S/C23H20N4O3/c24-8-9-25-22(28)17-3-1-2-16(10-17)18-11-19-20(13-27-21(19)26-12-18)14-4-6-15(7-5-14)23(29)30/h1-7,10-13H,8-9,24H2,(H,25,28)(H,26,27)(H,29,30). The Balaban J connectivity index is 1.71. The molecule has 7 heteroatoms. The van der Waals surface area contributed by atoms with Crippen LogP contribution in [0.5, 0.6) is 0 Å². The van der Waals surface area contributed by atoms with Gasteiger partial charge in [-0.3, -0.25) is 4.79 Å². The van der Waals surface area contributed by atoms with Crippen molar-refractivity contribution in [2.24, 2.45) is 5.73 Å². The second kappa shape index (κ2) is 8.18. The molecule has 4 aromatic rings. The average molecular weight is 400 g/mol. The number of pyridine rings is 1. The predicted octanol–water partition coefficient (Wildman–Crippen LogP) is 3.28. The van der Waals surface area contributed by atoms with Crippen LogP contribution >= 0.6 is 0 Å². The van der Waals surface area contributed by atoms with E-state index in [-0.39, 0.29) is 11.5 Å². The maximum Gasteiger partial charge on any atom is 0.335 e. The maximum atomic E-state index is 12.2. The summed E-state index contributed by atoms with van der Waals surface area (Å²) in [5.74, 6) is -1.13. The zero-order valence-electron chi connectivity index (χ0n) is 16.1. The van der Waals surface area contributed by atoms with Crippen molar-refractivity contribution < 1.29 is 14.7 Å². The van der Waals surface area contributed by atoms with Gasteiger partial charge in [0.1, 0.15) is 5.65 Å². The first-order chi connectivity index (χ1) is 14.6. The van der Waals surface area contributed by atoms with E-state index in [9.17, 15) is 9.59 Å². The highest BCUT2D eigenvalue weighted by atomic mass is 16.4. The van der Waals surface area contributed by atoms with Crippen molar-refractivity contribution in [3.8, 4) is 22.3 Å². The van der Waals surface area contributed by atoms with E-state index >= 15 is 0 Å². The van der Waals surface area contributed by atoms with Gasteiger partial charge in [-0.25, -0.2) is 9.78 Å². The zero-order chi connectivity index (χ0) is 21.1. The van der Waals surface area contributed by atoms with Gasteiger partial charge in [-0.2, -0.15) is 0 Å². The number of rotatable bonds is 6. The molecule has 5 N–H and O–H groups in total. The highest BCUT2D eigenvalue weighted by Gasteiger charge is 2.12. The molecule has 0 saturated carbocycles. The van der Waals surface area contributed by atoms with Crippen molar-refractivity contribution in [2.75, 3.05) is 13.1 Å². The quantitative estimate of drug-likeness (QED) is 0.396. The van der Waals surface area contributed by atoms with Gasteiger partial charge in [0.15, 0.2) is 0 Å². The smallest absolute Gasteiger partial charge is 0.335 e. The van der Waals surface area contributed by atoms with Crippen LogP contribution in [-0.2, 0) is 0 Å². The van der Waals surface area contributed by atoms with Crippen molar-refractivity contribution in [1.29, 1.82) is 0 Å². The molecule has 30 heavy (non-hydrogen) atoms. The first kappa shape index (κ1) is 19.4. The van der Waals surface area contributed by atoms with Gasteiger partial charge in [0.2, 0.25) is 0 Å². The molecule has 0 atom stereocenters. The highest BCUT2D eigenvalue weighted by Crippen LogP contribution is 2.31. The Morgan fingerprint density at radius 2 is 1.80 bits per heavy atom. The molecule has 7 nitrogen and oxygen atoms in total. The molecular weight excluding hydrogens is 380 g/mol. The van der Waals surface area contributed by atoms with Gasteiger partial charge in [0.05, 0.1) is 5.56 Å². The Kier molecular flexibility index (Phi) is 5.28. The van der Waals surface area contributed by atoms with Gasteiger partial charge in [-0.1, -0.05) is 24.3 Å². The minimum atomic E-state index is -0.959. The SMILES string of the molecule is NCCNC(=O)c1cccc(-c2cnc3[nH]cc(-c4ccc(C(=O)O)cc4)c3c2)c1. The van der Waals surface area contributed by atoms with Gasteiger partial charge in [-0.05, 0) is 41.5 Å². The lowest BCUT2D eigenvalue weighted by molar-refractivity contribution is 0.0696. The molecule has 2 heterocycles. The highest BCUT2D eigenvalue weighted by molar-refractivity contribution is 5.98. The number of carboxylic acid groups (broad SMARTS) is 1. The Hall–Kier alpha value is -3.97. The van der Waals surface area contributed by atoms with E-state index in [1.807, 2.05) is 30.5 Å². The number of nitrogens with one attached hydrogen (secondary N) is 2. The molecule has 2 aromatic carbocycles. The molecule has 0 spiro atoms. The van der Waals surface area contributed by atoms with Crippen LogP contribution in [0.4, 0.5) is 0 Å². The first-order valence-corrected chi connectivity index (χ1v) is 9.46. The van der Waals surface area contributed by atoms with E-state index < -0.39 is 5.97 Å². The Labute approximate surface area is 172 Å². The van der Waals surface area contributed by atoms with Crippen molar-refractivity contribution in [3.05, 3.63) is 78.1 Å². The van der Waals surface area contributed by atoms with E-state index in [1.54, 1.807) is 36.5 Å². The van der Waals surface area contributed by atoms with Gasteiger partial charge in [0, 0.05) is 47.6 Å². The number of fused-ring (bicyclic) bond motifs is 1. The number of nitrogens with two attached hydrogens (primary N) is 1. The maximum absolute atomic E-state index is 12.2. The molecule has 1 amide bonds. The minimum Gasteiger partial charge on any atom is -0.478 e. The summed E-state index contributed by atoms with van der Waals surface area (Å²) < 4.78 is 0. The Morgan fingerprint density at radius 3 is 2.53 bits per heavy atom. The van der Waals surface area contributed by atoms with Gasteiger partial charge >= 0.3 is 5.97 Å². The lowest BCUT2D eigenvalue weighted by Gasteiger charge is -2.07. The second-order valence-electron chi connectivity index (χ2n) is 6.83. The van der Waals surface area contributed by atoms with E-state index in [0.29, 0.717) is 18.7 Å². The zero-order valence-corrected chi connectivity index (χ0v) is 16.1. The molecule has 0 aliphatic carbocycles. The van der Waals surface area contributed by atoms with Crippen LogP contribution in [-0.4, -0.2) is 40.0 Å². The fourth-order valence-electron chi connectivity index (χ4n) is 3.32. The van der Waals surface area contributed by atoms with Gasteiger partial charge < -0.3 is 21.1 Å². The molecule has 4 rings (SSSR count). The number of H-pyrrole nitrogens is 1. The summed E-state index contributed by atoms with van der Waals surface area (Å²) in [6.45, 7) is 0.805. The third-order valence-electron chi connectivity index (χ3n) is 4.86. The van der Waals surface area contributed by atoms with Gasteiger partial charge in [0.25, 0.3) is 5.91 Å². The Morgan fingerprint density at radius 1 is 1.00 bits per heavy atom. The number of carbonyl (C=O) groups excluding carboxylic acids is 1. The molecule has 0 aliphatic rings. The fourth-order valence-corrected chi connectivity index (χ4v) is 3.32. The topological polar surface area (TPSA) is 121 Å². The number of hydrogen-bond acceptors (Lipinski definition) is 4. The monoisotopic (exact) mass is 400 g/mol. The molecular formula is C23H20N4O3. The number of aromatic amines is 1. The number of hydrogen-bond donors (Lipinski definition) is 4. The van der Waals surface area contributed by atoms with E-state index in [4.69, 9.17) is 10.8 Å². The lowest BCUT2D eigenvalue weighted by Crippen LogP contribution is -2.28. The number of carbonyl (C=O) groups is 2. The number of aromatic nitrogens is 2. The van der Waals surface area contributed by atoms with Crippen LogP contribution in [0.15, 0.2) is 67.0 Å². The first-order valence-electron chi connectivity index (χ1n) is 9.46. The van der Waals surface area contributed by atoms with E-state index in [0.717, 1.165) is 33.3 Å². The second-order valence-corrected chi connectivity index (χ2v) is 6.83. The van der Waals surface area contributed by atoms with Crippen molar-refractivity contribution in [1.82, 2.24) is 15.3 Å². The predicted molar refractivity (Wildman–Crippen MR) is 115 cm³/mol.